The minimum absolute atomic E-state index is 0.281. The molecule has 0 saturated heterocycles. The minimum Gasteiger partial charge on any atom is -0.478 e. The van der Waals surface area contributed by atoms with Gasteiger partial charge in [0.1, 0.15) is 0 Å². The van der Waals surface area contributed by atoms with Crippen molar-refractivity contribution in [1.82, 2.24) is 4.98 Å². The first kappa shape index (κ1) is 8.56. The van der Waals surface area contributed by atoms with Gasteiger partial charge in [0.2, 0.25) is 0 Å². The normalized spacial score (nSPS) is 10.0. The van der Waals surface area contributed by atoms with Crippen LogP contribution in [0.5, 0.6) is 0 Å². The fourth-order valence-electron chi connectivity index (χ4n) is 1.30. The zero-order valence-electron chi connectivity index (χ0n) is 7.40. The van der Waals surface area contributed by atoms with Crippen molar-refractivity contribution in [3.05, 3.63) is 48.2 Å². The molecular formula is C11H9NO2. The third kappa shape index (κ3) is 1.52. The van der Waals surface area contributed by atoms with Gasteiger partial charge in [-0.25, -0.2) is 4.79 Å². The largest absolute Gasteiger partial charge is 0.478 e. The third-order valence-corrected chi connectivity index (χ3v) is 2.01. The van der Waals surface area contributed by atoms with E-state index in [0.717, 1.165) is 11.3 Å². The fourth-order valence-corrected chi connectivity index (χ4v) is 1.30. The second-order valence-electron chi connectivity index (χ2n) is 2.97. The van der Waals surface area contributed by atoms with E-state index in [9.17, 15) is 4.79 Å². The average Bonchev–Trinajstić information content (AvgIpc) is 2.68. The number of carboxylic acid groups (broad SMARTS) is 1. The smallest absolute Gasteiger partial charge is 0.337 e. The zero-order chi connectivity index (χ0) is 9.97. The van der Waals surface area contributed by atoms with Crippen LogP contribution in [0.2, 0.25) is 0 Å². The van der Waals surface area contributed by atoms with E-state index in [2.05, 4.69) is 4.98 Å². The molecular weight excluding hydrogens is 178 g/mol. The van der Waals surface area contributed by atoms with Gasteiger partial charge in [-0.2, -0.15) is 0 Å². The van der Waals surface area contributed by atoms with Crippen LogP contribution in [-0.2, 0) is 0 Å². The summed E-state index contributed by atoms with van der Waals surface area (Å²) >= 11 is 0. The number of aromatic nitrogens is 1. The number of H-pyrrole nitrogens is 1. The van der Waals surface area contributed by atoms with E-state index in [4.69, 9.17) is 5.11 Å². The highest BCUT2D eigenvalue weighted by molar-refractivity contribution is 5.89. The lowest BCUT2D eigenvalue weighted by Crippen LogP contribution is -1.91. The molecule has 0 amide bonds. The summed E-state index contributed by atoms with van der Waals surface area (Å²) in [6, 6.07) is 11.2. The standard InChI is InChI=1S/C11H9NO2/c13-11(14)9-6-10(12-7-9)8-4-2-1-3-5-8/h1-7,12H,(H,13,14). The van der Waals surface area contributed by atoms with Gasteiger partial charge in [-0.15, -0.1) is 0 Å². The van der Waals surface area contributed by atoms with E-state index >= 15 is 0 Å². The topological polar surface area (TPSA) is 53.1 Å². The van der Waals surface area contributed by atoms with Gasteiger partial charge in [-0.1, -0.05) is 30.3 Å². The first-order valence-electron chi connectivity index (χ1n) is 4.24. The highest BCUT2D eigenvalue weighted by atomic mass is 16.4. The molecule has 0 aliphatic carbocycles. The number of nitrogens with one attached hydrogen (secondary N) is 1. The van der Waals surface area contributed by atoms with Gasteiger partial charge in [0, 0.05) is 11.9 Å². The zero-order valence-corrected chi connectivity index (χ0v) is 7.40. The molecule has 2 aromatic rings. The van der Waals surface area contributed by atoms with Crippen LogP contribution in [0.25, 0.3) is 11.3 Å². The molecule has 0 bridgehead atoms. The summed E-state index contributed by atoms with van der Waals surface area (Å²) < 4.78 is 0. The molecule has 0 fully saturated rings. The monoisotopic (exact) mass is 187 g/mol. The second-order valence-corrected chi connectivity index (χ2v) is 2.97. The Morgan fingerprint density at radius 1 is 1.21 bits per heavy atom. The molecule has 0 atom stereocenters. The molecule has 0 aliphatic heterocycles. The SMILES string of the molecule is O=C(O)c1c[nH]c(-c2ccccc2)c1. The molecule has 0 radical (unpaired) electrons. The summed E-state index contributed by atoms with van der Waals surface area (Å²) in [7, 11) is 0. The predicted octanol–water partition coefficient (Wildman–Crippen LogP) is 2.38. The summed E-state index contributed by atoms with van der Waals surface area (Å²) in [4.78, 5) is 13.5. The number of benzene rings is 1. The van der Waals surface area contributed by atoms with Crippen LogP contribution < -0.4 is 0 Å². The molecule has 1 aromatic heterocycles. The Labute approximate surface area is 81.0 Å². The van der Waals surface area contributed by atoms with Crippen LogP contribution in [-0.4, -0.2) is 16.1 Å². The molecule has 0 saturated carbocycles. The third-order valence-electron chi connectivity index (χ3n) is 2.01. The lowest BCUT2D eigenvalue weighted by Gasteiger charge is -1.94. The highest BCUT2D eigenvalue weighted by Gasteiger charge is 2.06. The fraction of sp³-hybridized carbons (Fsp3) is 0. The van der Waals surface area contributed by atoms with E-state index in [1.807, 2.05) is 30.3 Å². The Balaban J connectivity index is 2.39. The van der Waals surface area contributed by atoms with Crippen LogP contribution in [0.3, 0.4) is 0 Å². The summed E-state index contributed by atoms with van der Waals surface area (Å²) in [5, 5.41) is 8.73. The summed E-state index contributed by atoms with van der Waals surface area (Å²) in [6.45, 7) is 0. The number of hydrogen-bond donors (Lipinski definition) is 2. The van der Waals surface area contributed by atoms with Crippen molar-refractivity contribution >= 4 is 5.97 Å². The number of carboxylic acids is 1. The first-order valence-corrected chi connectivity index (χ1v) is 4.24. The molecule has 1 heterocycles. The molecule has 1 aromatic carbocycles. The predicted molar refractivity (Wildman–Crippen MR) is 53.2 cm³/mol. The van der Waals surface area contributed by atoms with Crippen LogP contribution in [0.15, 0.2) is 42.6 Å². The van der Waals surface area contributed by atoms with E-state index in [0.29, 0.717) is 0 Å². The lowest BCUT2D eigenvalue weighted by atomic mass is 10.1. The number of aromatic amines is 1. The summed E-state index contributed by atoms with van der Waals surface area (Å²) in [6.07, 6.45) is 1.49. The van der Waals surface area contributed by atoms with Gasteiger partial charge in [0.25, 0.3) is 0 Å². The molecule has 2 rings (SSSR count). The molecule has 3 nitrogen and oxygen atoms in total. The minimum atomic E-state index is -0.913. The molecule has 0 aliphatic rings. The van der Waals surface area contributed by atoms with Gasteiger partial charge < -0.3 is 10.1 Å². The van der Waals surface area contributed by atoms with Crippen molar-refractivity contribution < 1.29 is 9.90 Å². The quantitative estimate of drug-likeness (QED) is 0.758. The van der Waals surface area contributed by atoms with Crippen molar-refractivity contribution in [2.45, 2.75) is 0 Å². The van der Waals surface area contributed by atoms with Crippen LogP contribution in [0, 0.1) is 0 Å². The molecule has 2 N–H and O–H groups in total. The van der Waals surface area contributed by atoms with Crippen molar-refractivity contribution in [1.29, 1.82) is 0 Å². The second kappa shape index (κ2) is 3.38. The Kier molecular flexibility index (Phi) is 2.07. The van der Waals surface area contributed by atoms with E-state index in [1.165, 1.54) is 6.20 Å². The number of aromatic carboxylic acids is 1. The number of rotatable bonds is 2. The Morgan fingerprint density at radius 2 is 1.93 bits per heavy atom. The Hall–Kier alpha value is -2.03. The maximum absolute atomic E-state index is 10.6. The number of carbonyl (C=O) groups is 1. The van der Waals surface area contributed by atoms with Gasteiger partial charge in [-0.05, 0) is 11.6 Å². The van der Waals surface area contributed by atoms with E-state index in [-0.39, 0.29) is 5.56 Å². The van der Waals surface area contributed by atoms with Gasteiger partial charge in [0.05, 0.1) is 5.56 Å². The van der Waals surface area contributed by atoms with Crippen molar-refractivity contribution in [2.75, 3.05) is 0 Å². The van der Waals surface area contributed by atoms with Crippen LogP contribution >= 0.6 is 0 Å². The molecule has 0 spiro atoms. The first-order chi connectivity index (χ1) is 6.77. The Bertz CT molecular complexity index is 445. The summed E-state index contributed by atoms with van der Waals surface area (Å²) in [5.41, 5.74) is 2.09. The molecule has 14 heavy (non-hydrogen) atoms. The maximum atomic E-state index is 10.6. The molecule has 3 heteroatoms. The van der Waals surface area contributed by atoms with Gasteiger partial charge in [-0.3, -0.25) is 0 Å². The lowest BCUT2D eigenvalue weighted by molar-refractivity contribution is 0.0697. The highest BCUT2D eigenvalue weighted by Crippen LogP contribution is 2.18. The van der Waals surface area contributed by atoms with Crippen molar-refractivity contribution in [3.8, 4) is 11.3 Å². The van der Waals surface area contributed by atoms with Crippen LogP contribution in [0.1, 0.15) is 10.4 Å². The van der Waals surface area contributed by atoms with E-state index in [1.54, 1.807) is 6.07 Å². The number of hydrogen-bond acceptors (Lipinski definition) is 1. The maximum Gasteiger partial charge on any atom is 0.337 e. The van der Waals surface area contributed by atoms with Gasteiger partial charge >= 0.3 is 5.97 Å². The van der Waals surface area contributed by atoms with Crippen molar-refractivity contribution in [2.24, 2.45) is 0 Å². The average molecular weight is 187 g/mol. The van der Waals surface area contributed by atoms with Crippen LogP contribution in [0.4, 0.5) is 0 Å². The molecule has 0 unspecified atom stereocenters. The van der Waals surface area contributed by atoms with Crippen molar-refractivity contribution in [3.63, 3.8) is 0 Å². The Morgan fingerprint density at radius 3 is 2.50 bits per heavy atom. The van der Waals surface area contributed by atoms with E-state index < -0.39 is 5.97 Å². The van der Waals surface area contributed by atoms with Gasteiger partial charge in [0.15, 0.2) is 0 Å². The molecule has 70 valence electrons. The summed E-state index contributed by atoms with van der Waals surface area (Å²) in [5.74, 6) is -0.913.